The Balaban J connectivity index is 2.92. The first kappa shape index (κ1) is 23.5. The van der Waals surface area contributed by atoms with Crippen molar-refractivity contribution in [2.75, 3.05) is 0 Å². The van der Waals surface area contributed by atoms with Crippen molar-refractivity contribution in [2.24, 2.45) is 0 Å². The van der Waals surface area contributed by atoms with Gasteiger partial charge in [0.15, 0.2) is 0 Å². The molecule has 0 nitrogen and oxygen atoms in total. The first-order chi connectivity index (χ1) is 11.4. The Hall–Kier alpha value is 0.532. The molecule has 0 N–H and O–H groups in total. The van der Waals surface area contributed by atoms with Crippen LogP contribution >= 0.6 is 0 Å². The zero-order chi connectivity index (χ0) is 16.8. The highest BCUT2D eigenvalue weighted by molar-refractivity contribution is 6.08. The number of hydrogen-bond donors (Lipinski definition) is 0. The number of hydrogen-bond acceptors (Lipinski definition) is 0. The molecule has 0 aliphatic carbocycles. The molecular weight excluding hydrogens is 291 g/mol. The van der Waals surface area contributed by atoms with Crippen LogP contribution in [-0.4, -0.2) is 16.3 Å². The Kier molecular flexibility index (Phi) is 23.1. The first-order valence-corrected chi connectivity index (χ1v) is 12.8. The molecule has 0 radical (unpaired) electrons. The monoisotopic (exact) mass is 338 g/mol. The van der Waals surface area contributed by atoms with Crippen molar-refractivity contribution in [1.29, 1.82) is 0 Å². The predicted octanol–water partition coefficient (Wildman–Crippen LogP) is 7.86. The summed E-state index contributed by atoms with van der Waals surface area (Å²) >= 11 is 1.41. The Labute approximate surface area is 157 Å². The third-order valence-electron chi connectivity index (χ3n) is 5.21. The molecule has 0 aliphatic heterocycles. The van der Waals surface area contributed by atoms with Crippen molar-refractivity contribution in [2.45, 2.75) is 141 Å². The predicted molar refractivity (Wildman–Crippen MR) is 111 cm³/mol. The third-order valence-corrected chi connectivity index (χ3v) is 5.91. The second kappa shape index (κ2) is 22.5. The van der Waals surface area contributed by atoms with E-state index in [1.807, 2.05) is 0 Å². The third kappa shape index (κ3) is 22.5. The van der Waals surface area contributed by atoms with Crippen LogP contribution in [-0.2, 0) is 0 Å². The molecule has 0 heterocycles. The maximum absolute atomic E-state index is 2.30. The van der Waals surface area contributed by atoms with Crippen LogP contribution in [0.15, 0.2) is 0 Å². The van der Waals surface area contributed by atoms with Crippen LogP contribution in [0, 0.1) is 0 Å². The summed E-state index contributed by atoms with van der Waals surface area (Å²) in [5.74, 6) is 0. The molecule has 1 heteroatoms. The summed E-state index contributed by atoms with van der Waals surface area (Å²) in [5, 5.41) is 1.51. The molecule has 138 valence electrons. The van der Waals surface area contributed by atoms with Gasteiger partial charge in [0.05, 0.1) is 0 Å². The fraction of sp³-hybridized carbons (Fsp3) is 1.00. The van der Waals surface area contributed by atoms with Crippen molar-refractivity contribution >= 4 is 16.3 Å². The van der Waals surface area contributed by atoms with E-state index < -0.39 is 0 Å². The van der Waals surface area contributed by atoms with Crippen LogP contribution in [0.5, 0.6) is 0 Å². The van der Waals surface area contributed by atoms with Crippen molar-refractivity contribution < 1.29 is 0 Å². The van der Waals surface area contributed by atoms with E-state index in [-0.39, 0.29) is 0 Å². The average molecular weight is 339 g/mol. The van der Waals surface area contributed by atoms with E-state index in [1.54, 1.807) is 0 Å². The number of rotatable bonds is 20. The van der Waals surface area contributed by atoms with Crippen molar-refractivity contribution in [1.82, 2.24) is 0 Å². The topological polar surface area (TPSA) is 0 Å². The minimum Gasteiger partial charge on any atom is -0.101 e. The lowest BCUT2D eigenvalue weighted by molar-refractivity contribution is 0.523. The summed E-state index contributed by atoms with van der Waals surface area (Å²) in [4.78, 5) is 0. The summed E-state index contributed by atoms with van der Waals surface area (Å²) in [5.41, 5.74) is 0. The first-order valence-electron chi connectivity index (χ1n) is 11.4. The van der Waals surface area contributed by atoms with Crippen LogP contribution < -0.4 is 0 Å². The molecule has 0 saturated carbocycles. The molecule has 0 aromatic rings. The molecular formula is C22H47Al. The maximum Gasteiger partial charge on any atom is 0.211 e. The van der Waals surface area contributed by atoms with Crippen molar-refractivity contribution in [3.8, 4) is 0 Å². The van der Waals surface area contributed by atoms with Gasteiger partial charge in [-0.05, 0) is 0 Å². The average Bonchev–Trinajstić information content (AvgIpc) is 2.57. The molecule has 0 saturated heterocycles. The lowest BCUT2D eigenvalue weighted by Gasteiger charge is -2.04. The summed E-state index contributed by atoms with van der Waals surface area (Å²) in [7, 11) is 0. The van der Waals surface area contributed by atoms with E-state index in [0.717, 1.165) is 0 Å². The van der Waals surface area contributed by atoms with Gasteiger partial charge in [0.25, 0.3) is 0 Å². The highest BCUT2D eigenvalue weighted by Gasteiger charge is 1.95. The van der Waals surface area contributed by atoms with Crippen LogP contribution in [0.1, 0.15) is 135 Å². The zero-order valence-corrected chi connectivity index (χ0v) is 18.8. The van der Waals surface area contributed by atoms with Gasteiger partial charge in [-0.1, -0.05) is 135 Å². The Morgan fingerprint density at radius 2 is 0.565 bits per heavy atom. The van der Waals surface area contributed by atoms with Gasteiger partial charge in [0.2, 0.25) is 16.3 Å². The number of unbranched alkanes of at least 4 members (excludes halogenated alkanes) is 19. The molecule has 0 rings (SSSR count). The van der Waals surface area contributed by atoms with E-state index >= 15 is 0 Å². The van der Waals surface area contributed by atoms with E-state index in [9.17, 15) is 0 Å². The SMILES string of the molecule is CCCCCCCCCCCCCCCCCCCCC[CH2][AlH2]. The van der Waals surface area contributed by atoms with Crippen LogP contribution in [0.3, 0.4) is 0 Å². The molecule has 0 amide bonds. The van der Waals surface area contributed by atoms with Gasteiger partial charge >= 0.3 is 0 Å². The van der Waals surface area contributed by atoms with Gasteiger partial charge in [-0.2, -0.15) is 0 Å². The Bertz CT molecular complexity index is 170. The second-order valence-electron chi connectivity index (χ2n) is 7.72. The highest BCUT2D eigenvalue weighted by Crippen LogP contribution is 2.14. The van der Waals surface area contributed by atoms with Gasteiger partial charge < -0.3 is 0 Å². The molecule has 0 fully saturated rings. The van der Waals surface area contributed by atoms with E-state index in [2.05, 4.69) is 6.92 Å². The minimum atomic E-state index is 1.38. The lowest BCUT2D eigenvalue weighted by Crippen LogP contribution is -1.84. The van der Waals surface area contributed by atoms with Crippen molar-refractivity contribution in [3.05, 3.63) is 0 Å². The summed E-state index contributed by atoms with van der Waals surface area (Å²) in [6.45, 7) is 2.30. The highest BCUT2D eigenvalue weighted by atomic mass is 27.0. The van der Waals surface area contributed by atoms with Crippen LogP contribution in [0.25, 0.3) is 0 Å². The normalized spacial score (nSPS) is 11.2. The zero-order valence-electron chi connectivity index (χ0n) is 16.8. The molecule has 0 spiro atoms. The molecule has 0 bridgehead atoms. The standard InChI is InChI=1S/C22H45.Al.2H/c1-3-5-7-9-11-13-15-17-19-21-22-20-18-16-14-12-10-8-6-4-2;;;/h1,3-22H2,2H3;;;. The molecule has 0 unspecified atom stereocenters. The smallest absolute Gasteiger partial charge is 0.101 e. The largest absolute Gasteiger partial charge is 0.211 e. The van der Waals surface area contributed by atoms with Gasteiger partial charge in [-0.3, -0.25) is 0 Å². The quantitative estimate of drug-likeness (QED) is 0.156. The molecule has 0 aliphatic rings. The van der Waals surface area contributed by atoms with E-state index in [0.29, 0.717) is 0 Å². The molecule has 0 aromatic carbocycles. The molecule has 0 atom stereocenters. The van der Waals surface area contributed by atoms with Crippen LogP contribution in [0.2, 0.25) is 5.28 Å². The van der Waals surface area contributed by atoms with Gasteiger partial charge in [-0.25, -0.2) is 0 Å². The molecule has 23 heavy (non-hydrogen) atoms. The fourth-order valence-corrected chi connectivity index (χ4v) is 4.01. The Morgan fingerprint density at radius 3 is 0.783 bits per heavy atom. The van der Waals surface area contributed by atoms with Crippen LogP contribution in [0.4, 0.5) is 0 Å². The summed E-state index contributed by atoms with van der Waals surface area (Å²) < 4.78 is 0. The minimum absolute atomic E-state index is 1.38. The van der Waals surface area contributed by atoms with Gasteiger partial charge in [0.1, 0.15) is 0 Å². The lowest BCUT2D eigenvalue weighted by atomic mass is 10.0. The van der Waals surface area contributed by atoms with Crippen molar-refractivity contribution in [3.63, 3.8) is 0 Å². The van der Waals surface area contributed by atoms with E-state index in [1.165, 1.54) is 150 Å². The van der Waals surface area contributed by atoms with E-state index in [4.69, 9.17) is 0 Å². The summed E-state index contributed by atoms with van der Waals surface area (Å²) in [6, 6.07) is 0. The maximum atomic E-state index is 2.30. The Morgan fingerprint density at radius 1 is 0.348 bits per heavy atom. The fourth-order valence-electron chi connectivity index (χ4n) is 3.51. The summed E-state index contributed by atoms with van der Waals surface area (Å²) in [6.07, 6.45) is 29.7. The molecule has 0 aromatic heterocycles. The second-order valence-corrected chi connectivity index (χ2v) is 8.72. The van der Waals surface area contributed by atoms with Gasteiger partial charge in [0, 0.05) is 0 Å². The van der Waals surface area contributed by atoms with Gasteiger partial charge in [-0.15, -0.1) is 5.28 Å².